The minimum absolute atomic E-state index is 0.0638. The van der Waals surface area contributed by atoms with E-state index in [-0.39, 0.29) is 34.8 Å². The number of benzene rings is 2. The molecule has 1 aliphatic carbocycles. The topological polar surface area (TPSA) is 106 Å². The summed E-state index contributed by atoms with van der Waals surface area (Å²) in [5.74, 6) is -1.56. The number of carbonyl (C=O) groups excluding carboxylic acids is 4. The van der Waals surface area contributed by atoms with Crippen molar-refractivity contribution in [1.29, 1.82) is 0 Å². The van der Waals surface area contributed by atoms with E-state index in [9.17, 15) is 29.1 Å². The number of allylic oxidation sites excluding steroid dienone is 1. The smallest absolute Gasteiger partial charge is 0.326 e. The van der Waals surface area contributed by atoms with Crippen LogP contribution in [-0.4, -0.2) is 36.2 Å². The average Bonchev–Trinajstić information content (AvgIpc) is 2.61. The summed E-state index contributed by atoms with van der Waals surface area (Å²) in [6.45, 7) is 0. The molecule has 24 heavy (non-hydrogen) atoms. The van der Waals surface area contributed by atoms with E-state index in [4.69, 9.17) is 0 Å². The number of carboxylic acid groups (broad SMARTS) is 1. The van der Waals surface area contributed by atoms with Crippen LogP contribution in [0.15, 0.2) is 35.9 Å². The fourth-order valence-corrected chi connectivity index (χ4v) is 3.29. The number of hydrogen-bond donors (Lipinski definition) is 1. The van der Waals surface area contributed by atoms with Crippen molar-refractivity contribution in [2.75, 3.05) is 0 Å². The molecule has 0 bridgehead atoms. The third-order valence-corrected chi connectivity index (χ3v) is 4.36. The number of aldehydes is 4. The zero-order valence-corrected chi connectivity index (χ0v) is 12.2. The molecule has 1 aliphatic rings. The number of hydrogen-bond acceptors (Lipinski definition) is 5. The molecule has 0 saturated carbocycles. The zero-order chi connectivity index (χ0) is 17.5. The molecule has 6 heteroatoms. The summed E-state index contributed by atoms with van der Waals surface area (Å²) in [6, 6.07) is 7.71. The molecular weight excluding hydrogens is 312 g/mol. The minimum atomic E-state index is -2.29. The number of rotatable bonds is 5. The molecule has 0 saturated heterocycles. The maximum atomic E-state index is 11.9. The summed E-state index contributed by atoms with van der Waals surface area (Å²) in [4.78, 5) is 58.3. The standard InChI is InChI=1S/C18H10O6/c19-6-11-5-4-10-2-1-3-13-16(10)15(11)12(7-20)14(8-21)18(13,9-22)17(23)24/h1-9H,(H,23,24). The second kappa shape index (κ2) is 5.34. The fraction of sp³-hybridized carbons (Fsp3) is 0.0556. The predicted molar refractivity (Wildman–Crippen MR) is 83.8 cm³/mol. The van der Waals surface area contributed by atoms with Crippen LogP contribution < -0.4 is 0 Å². The van der Waals surface area contributed by atoms with Gasteiger partial charge in [-0.3, -0.25) is 19.2 Å². The van der Waals surface area contributed by atoms with Gasteiger partial charge in [0.25, 0.3) is 0 Å². The highest BCUT2D eigenvalue weighted by Gasteiger charge is 2.50. The van der Waals surface area contributed by atoms with E-state index in [0.717, 1.165) is 0 Å². The molecule has 0 fully saturated rings. The van der Waals surface area contributed by atoms with Crippen molar-refractivity contribution >= 4 is 47.5 Å². The van der Waals surface area contributed by atoms with Gasteiger partial charge in [0.15, 0.2) is 18.0 Å². The van der Waals surface area contributed by atoms with Crippen molar-refractivity contribution in [2.24, 2.45) is 0 Å². The Hall–Kier alpha value is -3.41. The molecule has 1 N–H and O–H groups in total. The Morgan fingerprint density at radius 2 is 1.71 bits per heavy atom. The van der Waals surface area contributed by atoms with E-state index in [1.165, 1.54) is 12.1 Å². The molecular formula is C18H10O6. The van der Waals surface area contributed by atoms with Gasteiger partial charge in [-0.1, -0.05) is 30.3 Å². The lowest BCUT2D eigenvalue weighted by atomic mass is 9.66. The van der Waals surface area contributed by atoms with Crippen LogP contribution in [0.4, 0.5) is 0 Å². The van der Waals surface area contributed by atoms with Crippen LogP contribution in [0.1, 0.15) is 21.5 Å². The summed E-state index contributed by atoms with van der Waals surface area (Å²) in [6.07, 6.45) is 1.16. The first-order valence-electron chi connectivity index (χ1n) is 6.93. The summed E-state index contributed by atoms with van der Waals surface area (Å²) >= 11 is 0. The van der Waals surface area contributed by atoms with Crippen LogP contribution in [0.25, 0.3) is 16.3 Å². The molecule has 3 rings (SSSR count). The van der Waals surface area contributed by atoms with E-state index in [2.05, 4.69) is 0 Å². The lowest BCUT2D eigenvalue weighted by Gasteiger charge is -2.32. The van der Waals surface area contributed by atoms with Gasteiger partial charge in [-0.2, -0.15) is 0 Å². The molecule has 1 atom stereocenters. The summed E-state index contributed by atoms with van der Waals surface area (Å²) in [5, 5.41) is 10.6. The average molecular weight is 322 g/mol. The minimum Gasteiger partial charge on any atom is -0.480 e. The van der Waals surface area contributed by atoms with Gasteiger partial charge < -0.3 is 9.90 Å². The van der Waals surface area contributed by atoms with Crippen LogP contribution in [-0.2, 0) is 24.6 Å². The van der Waals surface area contributed by atoms with Crippen LogP contribution >= 0.6 is 0 Å². The third-order valence-electron chi connectivity index (χ3n) is 4.36. The highest BCUT2D eigenvalue weighted by atomic mass is 16.4. The fourth-order valence-electron chi connectivity index (χ4n) is 3.29. The van der Waals surface area contributed by atoms with Gasteiger partial charge in [0.1, 0.15) is 12.6 Å². The molecule has 0 amide bonds. The molecule has 2 aromatic rings. The predicted octanol–water partition coefficient (Wildman–Crippen LogP) is 1.34. The molecule has 6 nitrogen and oxygen atoms in total. The van der Waals surface area contributed by atoms with Crippen molar-refractivity contribution in [2.45, 2.75) is 5.41 Å². The molecule has 0 spiro atoms. The highest BCUT2D eigenvalue weighted by molar-refractivity contribution is 6.29. The molecule has 118 valence electrons. The molecule has 1 unspecified atom stereocenters. The van der Waals surface area contributed by atoms with E-state index in [1.807, 2.05) is 0 Å². The molecule has 0 radical (unpaired) electrons. The monoisotopic (exact) mass is 322 g/mol. The quantitative estimate of drug-likeness (QED) is 0.658. The molecule has 0 heterocycles. The van der Waals surface area contributed by atoms with Gasteiger partial charge >= 0.3 is 5.97 Å². The van der Waals surface area contributed by atoms with E-state index >= 15 is 0 Å². The van der Waals surface area contributed by atoms with Gasteiger partial charge in [0.2, 0.25) is 0 Å². The van der Waals surface area contributed by atoms with E-state index < -0.39 is 17.0 Å². The first-order chi connectivity index (χ1) is 11.6. The number of carboxylic acids is 1. The Kier molecular flexibility index (Phi) is 3.45. The third kappa shape index (κ3) is 1.68. The summed E-state index contributed by atoms with van der Waals surface area (Å²) in [5.41, 5.74) is -2.64. The first-order valence-corrected chi connectivity index (χ1v) is 6.93. The summed E-state index contributed by atoms with van der Waals surface area (Å²) in [7, 11) is 0. The Bertz CT molecular complexity index is 969. The van der Waals surface area contributed by atoms with Crippen molar-refractivity contribution in [3.8, 4) is 0 Å². The Morgan fingerprint density at radius 1 is 0.958 bits per heavy atom. The number of carbonyl (C=O) groups is 5. The van der Waals surface area contributed by atoms with Crippen molar-refractivity contribution < 1.29 is 29.1 Å². The van der Waals surface area contributed by atoms with Gasteiger partial charge in [-0.25, -0.2) is 0 Å². The van der Waals surface area contributed by atoms with Gasteiger partial charge in [-0.05, 0) is 16.3 Å². The van der Waals surface area contributed by atoms with Crippen LogP contribution in [0.5, 0.6) is 0 Å². The van der Waals surface area contributed by atoms with Crippen molar-refractivity contribution in [3.63, 3.8) is 0 Å². The van der Waals surface area contributed by atoms with Crippen molar-refractivity contribution in [3.05, 3.63) is 52.6 Å². The van der Waals surface area contributed by atoms with Crippen LogP contribution in [0.2, 0.25) is 0 Å². The van der Waals surface area contributed by atoms with Crippen molar-refractivity contribution in [1.82, 2.24) is 0 Å². The maximum Gasteiger partial charge on any atom is 0.326 e. The Balaban J connectivity index is 2.70. The number of aliphatic carboxylic acids is 1. The Morgan fingerprint density at radius 3 is 2.25 bits per heavy atom. The molecule has 0 aliphatic heterocycles. The molecule has 2 aromatic carbocycles. The zero-order valence-electron chi connectivity index (χ0n) is 12.2. The normalized spacial score (nSPS) is 19.0. The van der Waals surface area contributed by atoms with E-state index in [0.29, 0.717) is 23.3 Å². The van der Waals surface area contributed by atoms with Gasteiger partial charge in [-0.15, -0.1) is 0 Å². The molecule has 0 aromatic heterocycles. The van der Waals surface area contributed by atoms with E-state index in [1.54, 1.807) is 18.2 Å². The van der Waals surface area contributed by atoms with Gasteiger partial charge in [0, 0.05) is 22.3 Å². The first kappa shape index (κ1) is 15.5. The Labute approximate surface area is 135 Å². The lowest BCUT2D eigenvalue weighted by molar-refractivity contribution is -0.144. The van der Waals surface area contributed by atoms with Crippen LogP contribution in [0, 0.1) is 0 Å². The maximum absolute atomic E-state index is 11.9. The van der Waals surface area contributed by atoms with Crippen LogP contribution in [0.3, 0.4) is 0 Å². The summed E-state index contributed by atoms with van der Waals surface area (Å²) < 4.78 is 0. The largest absolute Gasteiger partial charge is 0.480 e. The van der Waals surface area contributed by atoms with Gasteiger partial charge in [0.05, 0.1) is 0 Å². The second-order valence-corrected chi connectivity index (χ2v) is 5.35. The lowest BCUT2D eigenvalue weighted by Crippen LogP contribution is -2.43. The highest BCUT2D eigenvalue weighted by Crippen LogP contribution is 2.45. The SMILES string of the molecule is O=CC1=C(C=O)C(C=O)(C(=O)O)c2cccc3ccc(C=O)c1c23. The second-order valence-electron chi connectivity index (χ2n) is 5.35.